The third-order valence-corrected chi connectivity index (χ3v) is 2.25. The summed E-state index contributed by atoms with van der Waals surface area (Å²) in [5.41, 5.74) is -0.125. The maximum absolute atomic E-state index is 12.7. The fourth-order valence-electron chi connectivity index (χ4n) is 0.793. The largest absolute Gasteiger partial charge is 0.335 e. The summed E-state index contributed by atoms with van der Waals surface area (Å²) in [4.78, 5) is -1.46. The van der Waals surface area contributed by atoms with Gasteiger partial charge in [-0.15, -0.1) is 8.37 Å². The lowest BCUT2D eigenvalue weighted by atomic mass is 10.3. The number of anilines is 1. The second-order valence-electron chi connectivity index (χ2n) is 2.27. The van der Waals surface area contributed by atoms with Gasteiger partial charge in [0.05, 0.1) is 0 Å². The van der Waals surface area contributed by atoms with Crippen LogP contribution in [0.2, 0.25) is 0 Å². The first-order valence-electron chi connectivity index (χ1n) is 3.17. The van der Waals surface area contributed by atoms with Crippen LogP contribution in [-0.4, -0.2) is 8.42 Å². The molecule has 0 aliphatic rings. The molecule has 3 nitrogen and oxygen atoms in total. The van der Waals surface area contributed by atoms with Crippen molar-refractivity contribution in [2.75, 3.05) is 5.54 Å². The summed E-state index contributed by atoms with van der Waals surface area (Å²) in [6.45, 7) is 0. The molecule has 0 unspecified atom stereocenters. The molecule has 0 saturated carbocycles. The molecule has 0 heterocycles. The predicted molar refractivity (Wildman–Crippen MR) is 39.4 cm³/mol. The zero-order valence-corrected chi connectivity index (χ0v) is 7.21. The van der Waals surface area contributed by atoms with Gasteiger partial charge in [-0.1, -0.05) is 0 Å². The molecule has 0 radical (unpaired) electrons. The summed E-state index contributed by atoms with van der Waals surface area (Å²) in [6, 6.07) is 0.973. The van der Waals surface area contributed by atoms with Crippen LogP contribution in [0, 0.1) is 11.6 Å². The van der Waals surface area contributed by atoms with Crippen molar-refractivity contribution in [3.63, 3.8) is 0 Å². The monoisotopic (exact) mass is 229 g/mol. The number of rotatable bonds is 2. The first-order valence-corrected chi connectivity index (χ1v) is 4.55. The van der Waals surface area contributed by atoms with Gasteiger partial charge in [-0.05, 0) is 12.1 Å². The third-order valence-electron chi connectivity index (χ3n) is 1.41. The van der Waals surface area contributed by atoms with Crippen molar-refractivity contribution in [3.05, 3.63) is 23.8 Å². The van der Waals surface area contributed by atoms with Gasteiger partial charge in [-0.25, -0.2) is 14.3 Å². The van der Waals surface area contributed by atoms with E-state index in [1.807, 2.05) is 0 Å². The van der Waals surface area contributed by atoms with Crippen LogP contribution in [0.3, 0.4) is 0 Å². The average molecular weight is 229 g/mol. The lowest BCUT2D eigenvalue weighted by molar-refractivity contribution is 0.473. The highest BCUT2D eigenvalue weighted by atomic mass is 32.3. The molecule has 1 rings (SSSR count). The summed E-state index contributed by atoms with van der Waals surface area (Å²) in [5, 5.41) is 0. The van der Waals surface area contributed by atoms with Gasteiger partial charge in [-0.2, -0.15) is 8.42 Å². The van der Waals surface area contributed by atoms with E-state index in [4.69, 9.17) is 0 Å². The number of hydrogen-bond donors (Lipinski definition) is 1. The molecule has 0 bridgehead atoms. The molecule has 8 heteroatoms. The van der Waals surface area contributed by atoms with Crippen LogP contribution in [0.25, 0.3) is 0 Å². The Kier molecular flexibility index (Phi) is 2.65. The highest BCUT2D eigenvalue weighted by Crippen LogP contribution is 2.24. The maximum Gasteiger partial charge on any atom is 0.335 e. The van der Waals surface area contributed by atoms with Crippen molar-refractivity contribution >= 4 is 15.9 Å². The highest BCUT2D eigenvalue weighted by Gasteiger charge is 2.22. The van der Waals surface area contributed by atoms with Crippen LogP contribution in [0.1, 0.15) is 0 Å². The van der Waals surface area contributed by atoms with Gasteiger partial charge in [0.1, 0.15) is 10.6 Å². The van der Waals surface area contributed by atoms with E-state index < -0.39 is 32.4 Å². The van der Waals surface area contributed by atoms with Gasteiger partial charge in [-0.3, -0.25) is 0 Å². The third kappa shape index (κ3) is 1.79. The number of benzene rings is 1. The molecule has 0 amide bonds. The Balaban J connectivity index is 3.47. The Morgan fingerprint density at radius 2 is 1.71 bits per heavy atom. The summed E-state index contributed by atoms with van der Waals surface area (Å²) >= 11 is 0. The van der Waals surface area contributed by atoms with Gasteiger partial charge >= 0.3 is 10.2 Å². The highest BCUT2D eigenvalue weighted by molar-refractivity contribution is 7.86. The Bertz CT molecular complexity index is 459. The minimum absolute atomic E-state index is 0.412. The fourth-order valence-corrected chi connectivity index (χ4v) is 1.33. The van der Waals surface area contributed by atoms with E-state index in [1.165, 1.54) is 0 Å². The predicted octanol–water partition coefficient (Wildman–Crippen LogP) is 1.92. The number of hydrogen-bond acceptors (Lipinski definition) is 3. The van der Waals surface area contributed by atoms with Crippen LogP contribution < -0.4 is 5.54 Å². The Morgan fingerprint density at radius 3 is 2.14 bits per heavy atom. The van der Waals surface area contributed by atoms with E-state index in [0.29, 0.717) is 12.1 Å². The van der Waals surface area contributed by atoms with Crippen LogP contribution >= 0.6 is 0 Å². The molecule has 0 saturated heterocycles. The van der Waals surface area contributed by atoms with Crippen molar-refractivity contribution in [1.29, 1.82) is 0 Å². The summed E-state index contributed by atoms with van der Waals surface area (Å²) < 4.78 is 69.8. The molecule has 0 aliphatic heterocycles. The Hall–Kier alpha value is -1.31. The zero-order chi connectivity index (χ0) is 10.9. The van der Waals surface area contributed by atoms with E-state index in [1.54, 1.807) is 0 Å². The minimum atomic E-state index is -5.35. The molecule has 1 aromatic carbocycles. The van der Waals surface area contributed by atoms with E-state index in [0.717, 1.165) is 5.54 Å². The summed E-state index contributed by atoms with van der Waals surface area (Å²) in [6.07, 6.45) is 0. The smallest absolute Gasteiger partial charge is 0.221 e. The molecular weight excluding hydrogens is 226 g/mol. The van der Waals surface area contributed by atoms with E-state index in [9.17, 15) is 25.6 Å². The van der Waals surface area contributed by atoms with E-state index >= 15 is 0 Å². The van der Waals surface area contributed by atoms with Crippen LogP contribution in [0.4, 0.5) is 22.8 Å². The fraction of sp³-hybridized carbons (Fsp3) is 0. The van der Waals surface area contributed by atoms with Crippen molar-refractivity contribution in [1.82, 2.24) is 0 Å². The molecule has 0 aromatic heterocycles. The summed E-state index contributed by atoms with van der Waals surface area (Å²) in [7, 11) is -5.35. The van der Waals surface area contributed by atoms with Crippen molar-refractivity contribution in [2.45, 2.75) is 4.90 Å². The van der Waals surface area contributed by atoms with E-state index in [-0.39, 0.29) is 0 Å². The zero-order valence-electron chi connectivity index (χ0n) is 6.39. The molecule has 0 atom stereocenters. The standard InChI is InChI=1S/C6H3F4NO2S/c7-5-3(11-9)1-2-4(6(5)8)14(10,12)13/h1-2,11H. The summed E-state index contributed by atoms with van der Waals surface area (Å²) in [5.74, 6) is -3.76. The molecule has 78 valence electrons. The minimum Gasteiger partial charge on any atom is -0.221 e. The SMILES string of the molecule is O=S(=O)(F)c1ccc(NF)c(F)c1F. The Morgan fingerprint density at radius 1 is 1.14 bits per heavy atom. The topological polar surface area (TPSA) is 46.2 Å². The van der Waals surface area contributed by atoms with Gasteiger partial charge in [0.25, 0.3) is 0 Å². The normalized spacial score (nSPS) is 11.4. The molecule has 0 fully saturated rings. The molecule has 1 aromatic rings. The number of halogens is 4. The molecule has 14 heavy (non-hydrogen) atoms. The Labute approximate surface area is 76.5 Å². The van der Waals surface area contributed by atoms with Gasteiger partial charge in [0.15, 0.2) is 11.6 Å². The molecule has 0 aliphatic carbocycles. The maximum atomic E-state index is 12.7. The van der Waals surface area contributed by atoms with Crippen LogP contribution in [0.5, 0.6) is 0 Å². The van der Waals surface area contributed by atoms with Gasteiger partial charge < -0.3 is 0 Å². The average Bonchev–Trinajstić information content (AvgIpc) is 2.07. The first-order chi connectivity index (χ1) is 6.38. The molecule has 0 spiro atoms. The number of nitrogens with one attached hydrogen (secondary N) is 1. The first kappa shape index (κ1) is 10.8. The second kappa shape index (κ2) is 3.45. The van der Waals surface area contributed by atoms with Gasteiger partial charge in [0.2, 0.25) is 0 Å². The van der Waals surface area contributed by atoms with Crippen molar-refractivity contribution in [3.8, 4) is 0 Å². The van der Waals surface area contributed by atoms with Crippen LogP contribution in [0.15, 0.2) is 17.0 Å². The molecule has 1 N–H and O–H groups in total. The molecular formula is C6H3F4NO2S. The van der Waals surface area contributed by atoms with Crippen molar-refractivity contribution in [2.24, 2.45) is 0 Å². The quantitative estimate of drug-likeness (QED) is 0.478. The van der Waals surface area contributed by atoms with Gasteiger partial charge in [0, 0.05) is 0 Å². The lowest BCUT2D eigenvalue weighted by Gasteiger charge is -2.02. The van der Waals surface area contributed by atoms with Crippen LogP contribution in [-0.2, 0) is 10.2 Å². The van der Waals surface area contributed by atoms with E-state index in [2.05, 4.69) is 0 Å². The second-order valence-corrected chi connectivity index (χ2v) is 3.59. The lowest BCUT2D eigenvalue weighted by Crippen LogP contribution is -2.01. The van der Waals surface area contributed by atoms with Crippen molar-refractivity contribution < 1.29 is 25.6 Å².